The first-order chi connectivity index (χ1) is 20.3. The largest absolute Gasteiger partial charge is 0.368 e. The molecule has 42 heavy (non-hydrogen) atoms. The molecule has 8 nitrogen and oxygen atoms in total. The molecule has 11 heteroatoms. The van der Waals surface area contributed by atoms with Crippen molar-refractivity contribution in [1.29, 1.82) is 0 Å². The SMILES string of the molecule is O=C(Nc1cc(C(=O)N2CCCNCC2)ccc1N1CCCN(C(=O)c2ccc(Cl)cc2Cl)CC1)c1cccc(F)c1. The lowest BCUT2D eigenvalue weighted by molar-refractivity contribution is 0.0759. The van der Waals surface area contributed by atoms with Gasteiger partial charge < -0.3 is 25.3 Å². The molecule has 0 aliphatic carbocycles. The van der Waals surface area contributed by atoms with E-state index >= 15 is 0 Å². The average Bonchev–Trinajstić information content (AvgIpc) is 3.40. The van der Waals surface area contributed by atoms with E-state index in [2.05, 4.69) is 15.5 Å². The number of rotatable bonds is 5. The third-order valence-electron chi connectivity index (χ3n) is 7.49. The third-order valence-corrected chi connectivity index (χ3v) is 8.04. The highest BCUT2D eigenvalue weighted by Crippen LogP contribution is 2.30. The van der Waals surface area contributed by atoms with E-state index in [0.29, 0.717) is 78.2 Å². The van der Waals surface area contributed by atoms with Crippen molar-refractivity contribution in [2.45, 2.75) is 12.8 Å². The van der Waals surface area contributed by atoms with Gasteiger partial charge in [0.1, 0.15) is 5.82 Å². The van der Waals surface area contributed by atoms with Crippen LogP contribution in [0.3, 0.4) is 0 Å². The van der Waals surface area contributed by atoms with E-state index in [4.69, 9.17) is 23.2 Å². The van der Waals surface area contributed by atoms with Crippen LogP contribution in [0.5, 0.6) is 0 Å². The first-order valence-electron chi connectivity index (χ1n) is 14.0. The fraction of sp³-hybridized carbons (Fsp3) is 0.323. The molecule has 220 valence electrons. The van der Waals surface area contributed by atoms with Crippen molar-refractivity contribution in [3.63, 3.8) is 0 Å². The molecule has 2 fully saturated rings. The Labute approximate surface area is 254 Å². The Balaban J connectivity index is 1.40. The van der Waals surface area contributed by atoms with Gasteiger partial charge in [-0.25, -0.2) is 4.39 Å². The second kappa shape index (κ2) is 13.5. The highest BCUT2D eigenvalue weighted by atomic mass is 35.5. The van der Waals surface area contributed by atoms with Gasteiger partial charge in [-0.1, -0.05) is 29.3 Å². The first kappa shape index (κ1) is 29.8. The normalized spacial score (nSPS) is 16.0. The predicted octanol–water partition coefficient (Wildman–Crippen LogP) is 5.17. The summed E-state index contributed by atoms with van der Waals surface area (Å²) in [7, 11) is 0. The van der Waals surface area contributed by atoms with Gasteiger partial charge in [0, 0.05) is 62.0 Å². The molecule has 2 heterocycles. The number of hydrogen-bond acceptors (Lipinski definition) is 5. The molecule has 2 N–H and O–H groups in total. The molecule has 3 aromatic carbocycles. The van der Waals surface area contributed by atoms with Crippen molar-refractivity contribution in [3.8, 4) is 0 Å². The number of halogens is 3. The molecule has 2 aliphatic rings. The van der Waals surface area contributed by atoms with E-state index < -0.39 is 11.7 Å². The Morgan fingerprint density at radius 3 is 2.38 bits per heavy atom. The summed E-state index contributed by atoms with van der Waals surface area (Å²) >= 11 is 12.3. The summed E-state index contributed by atoms with van der Waals surface area (Å²) in [6.07, 6.45) is 1.53. The van der Waals surface area contributed by atoms with Crippen LogP contribution in [0.2, 0.25) is 10.0 Å². The predicted molar refractivity (Wildman–Crippen MR) is 163 cm³/mol. The Bertz CT molecular complexity index is 1480. The van der Waals surface area contributed by atoms with Crippen molar-refractivity contribution in [2.75, 3.05) is 62.6 Å². The molecule has 3 aromatic rings. The summed E-state index contributed by atoms with van der Waals surface area (Å²) in [4.78, 5) is 45.5. The van der Waals surface area contributed by atoms with Crippen LogP contribution in [-0.2, 0) is 0 Å². The molecular weight excluding hydrogens is 580 g/mol. The standard InChI is InChI=1S/C31H32Cl2FN5O3/c32-23-7-8-25(26(33)20-23)31(42)39-14-3-13-37(16-17-39)28-9-6-22(30(41)38-12-2-10-35-11-15-38)19-27(28)36-29(40)21-4-1-5-24(34)18-21/h1,4-9,18-20,35H,2-3,10-17H2,(H,36,40). The number of nitrogens with zero attached hydrogens (tertiary/aromatic N) is 3. The minimum atomic E-state index is -0.514. The summed E-state index contributed by atoms with van der Waals surface area (Å²) < 4.78 is 13.9. The van der Waals surface area contributed by atoms with Gasteiger partial charge in [0.15, 0.2) is 0 Å². The summed E-state index contributed by atoms with van der Waals surface area (Å²) in [5, 5.41) is 6.98. The molecule has 2 aliphatic heterocycles. The van der Waals surface area contributed by atoms with Gasteiger partial charge in [0.25, 0.3) is 17.7 Å². The zero-order chi connectivity index (χ0) is 29.6. The molecule has 0 spiro atoms. The summed E-state index contributed by atoms with van der Waals surface area (Å²) in [6, 6.07) is 15.6. The maximum Gasteiger partial charge on any atom is 0.255 e. The Kier molecular flexibility index (Phi) is 9.62. The fourth-order valence-electron chi connectivity index (χ4n) is 5.30. The first-order valence-corrected chi connectivity index (χ1v) is 14.8. The average molecular weight is 613 g/mol. The van der Waals surface area contributed by atoms with Crippen molar-refractivity contribution < 1.29 is 18.8 Å². The van der Waals surface area contributed by atoms with Crippen LogP contribution in [0, 0.1) is 5.82 Å². The minimum absolute atomic E-state index is 0.112. The van der Waals surface area contributed by atoms with Gasteiger partial charge in [-0.2, -0.15) is 0 Å². The summed E-state index contributed by atoms with van der Waals surface area (Å²) in [6.45, 7) is 4.88. The second-order valence-electron chi connectivity index (χ2n) is 10.3. The lowest BCUT2D eigenvalue weighted by Gasteiger charge is -2.27. The number of carbonyl (C=O) groups is 3. The maximum absolute atomic E-state index is 13.9. The molecule has 0 unspecified atom stereocenters. The van der Waals surface area contributed by atoms with Crippen LogP contribution < -0.4 is 15.5 Å². The van der Waals surface area contributed by atoms with Gasteiger partial charge in [-0.05, 0) is 74.0 Å². The van der Waals surface area contributed by atoms with E-state index in [1.54, 1.807) is 35.2 Å². The van der Waals surface area contributed by atoms with E-state index in [1.807, 2.05) is 11.0 Å². The van der Waals surface area contributed by atoms with Gasteiger partial charge in [-0.3, -0.25) is 14.4 Å². The molecular formula is C31H32Cl2FN5O3. The van der Waals surface area contributed by atoms with E-state index in [-0.39, 0.29) is 17.4 Å². The topological polar surface area (TPSA) is 85.0 Å². The number of amides is 3. The van der Waals surface area contributed by atoms with Gasteiger partial charge >= 0.3 is 0 Å². The summed E-state index contributed by atoms with van der Waals surface area (Å²) in [5.41, 5.74) is 2.18. The monoisotopic (exact) mass is 611 g/mol. The zero-order valence-corrected chi connectivity index (χ0v) is 24.6. The van der Waals surface area contributed by atoms with Crippen molar-refractivity contribution in [3.05, 3.63) is 93.2 Å². The molecule has 0 aromatic heterocycles. The van der Waals surface area contributed by atoms with E-state index in [1.165, 1.54) is 24.3 Å². The number of benzene rings is 3. The van der Waals surface area contributed by atoms with Crippen molar-refractivity contribution in [2.24, 2.45) is 0 Å². The molecule has 5 rings (SSSR count). The van der Waals surface area contributed by atoms with Crippen LogP contribution >= 0.6 is 23.2 Å². The molecule has 0 radical (unpaired) electrons. The maximum atomic E-state index is 13.9. The molecule has 2 saturated heterocycles. The molecule has 0 atom stereocenters. The minimum Gasteiger partial charge on any atom is -0.368 e. The lowest BCUT2D eigenvalue weighted by Crippen LogP contribution is -2.36. The highest BCUT2D eigenvalue weighted by molar-refractivity contribution is 6.36. The van der Waals surface area contributed by atoms with E-state index in [0.717, 1.165) is 19.5 Å². The Morgan fingerprint density at radius 1 is 0.762 bits per heavy atom. The molecule has 0 saturated carbocycles. The number of carbonyl (C=O) groups excluding carboxylic acids is 3. The van der Waals surface area contributed by atoms with E-state index in [9.17, 15) is 18.8 Å². The number of hydrogen-bond donors (Lipinski definition) is 2. The van der Waals surface area contributed by atoms with Gasteiger partial charge in [0.05, 0.1) is 22.0 Å². The van der Waals surface area contributed by atoms with Gasteiger partial charge in [0.2, 0.25) is 0 Å². The van der Waals surface area contributed by atoms with Crippen LogP contribution in [0.4, 0.5) is 15.8 Å². The lowest BCUT2D eigenvalue weighted by atomic mass is 10.1. The summed E-state index contributed by atoms with van der Waals surface area (Å²) in [5.74, 6) is -1.28. The Morgan fingerprint density at radius 2 is 1.57 bits per heavy atom. The third kappa shape index (κ3) is 7.03. The van der Waals surface area contributed by atoms with Crippen LogP contribution in [-0.4, -0.2) is 79.9 Å². The van der Waals surface area contributed by atoms with Crippen LogP contribution in [0.1, 0.15) is 43.9 Å². The van der Waals surface area contributed by atoms with Crippen LogP contribution in [0.25, 0.3) is 0 Å². The fourth-order valence-corrected chi connectivity index (χ4v) is 5.78. The molecule has 3 amide bonds. The molecule has 0 bridgehead atoms. The van der Waals surface area contributed by atoms with Crippen molar-refractivity contribution in [1.82, 2.24) is 15.1 Å². The second-order valence-corrected chi connectivity index (χ2v) is 11.2. The van der Waals surface area contributed by atoms with Gasteiger partial charge in [-0.15, -0.1) is 0 Å². The highest BCUT2D eigenvalue weighted by Gasteiger charge is 2.25. The number of anilines is 2. The zero-order valence-electron chi connectivity index (χ0n) is 23.0. The van der Waals surface area contributed by atoms with Crippen LogP contribution in [0.15, 0.2) is 60.7 Å². The quantitative estimate of drug-likeness (QED) is 0.416. The number of nitrogens with one attached hydrogen (secondary N) is 2. The smallest absolute Gasteiger partial charge is 0.255 e. The van der Waals surface area contributed by atoms with Crippen molar-refractivity contribution >= 4 is 52.3 Å². The Hall–Kier alpha value is -3.66.